The third kappa shape index (κ3) is 2.44. The molecule has 2 aromatic heterocycles. The molecule has 0 fully saturated rings. The highest BCUT2D eigenvalue weighted by atomic mass is 35.5. The van der Waals surface area contributed by atoms with Gasteiger partial charge in [0.05, 0.1) is 21.8 Å². The zero-order valence-electron chi connectivity index (χ0n) is 11.7. The third-order valence-electron chi connectivity index (χ3n) is 3.50. The minimum absolute atomic E-state index is 0.117. The van der Waals surface area contributed by atoms with Crippen molar-refractivity contribution in [2.24, 2.45) is 0 Å². The van der Waals surface area contributed by atoms with Crippen molar-refractivity contribution in [2.45, 2.75) is 20.3 Å². The maximum atomic E-state index is 12.8. The molecule has 7 heteroatoms. The van der Waals surface area contributed by atoms with Crippen LogP contribution in [-0.2, 0) is 0 Å². The number of pyridine rings is 1. The number of fused-ring (bicyclic) bond motifs is 1. The molecule has 0 radical (unpaired) electrons. The molecule has 0 saturated heterocycles. The number of aromatic nitrogens is 3. The summed E-state index contributed by atoms with van der Waals surface area (Å²) in [5.74, 6) is 0. The zero-order valence-corrected chi connectivity index (χ0v) is 13.3. The van der Waals surface area contributed by atoms with Crippen LogP contribution in [0, 0.1) is 13.8 Å². The van der Waals surface area contributed by atoms with E-state index in [-0.39, 0.29) is 15.6 Å². The van der Waals surface area contributed by atoms with Crippen LogP contribution in [0.5, 0.6) is 0 Å². The van der Waals surface area contributed by atoms with Crippen molar-refractivity contribution in [3.05, 3.63) is 51.3 Å². The molecule has 0 aliphatic heterocycles. The molecular weight excluding hydrogens is 331 g/mol. The number of benzene rings is 1. The standard InChI is InChI=1S/C15H11Cl2F2N3/c1-7-3-13-12(21-8(7)2)6-20-22(13)14-10(16)4-9(15(18)19)5-11(14)17/h3-6,15H,1-2H3. The smallest absolute Gasteiger partial charge is 0.250 e. The van der Waals surface area contributed by atoms with E-state index < -0.39 is 6.43 Å². The molecule has 3 nitrogen and oxygen atoms in total. The van der Waals surface area contributed by atoms with Gasteiger partial charge in [0.15, 0.2) is 0 Å². The number of hydrogen-bond acceptors (Lipinski definition) is 2. The quantitative estimate of drug-likeness (QED) is 0.634. The molecular formula is C15H11Cl2F2N3. The predicted octanol–water partition coefficient (Wildman–Crippen LogP) is 5.28. The van der Waals surface area contributed by atoms with Crippen molar-refractivity contribution in [1.82, 2.24) is 14.8 Å². The second-order valence-corrected chi connectivity index (χ2v) is 5.80. The number of aryl methyl sites for hydroxylation is 2. The van der Waals surface area contributed by atoms with Gasteiger partial charge < -0.3 is 0 Å². The first-order valence-corrected chi connectivity index (χ1v) is 7.23. The van der Waals surface area contributed by atoms with Crippen LogP contribution in [0.3, 0.4) is 0 Å². The molecule has 0 atom stereocenters. The fraction of sp³-hybridized carbons (Fsp3) is 0.200. The van der Waals surface area contributed by atoms with Crippen molar-refractivity contribution < 1.29 is 8.78 Å². The minimum Gasteiger partial charge on any atom is -0.250 e. The van der Waals surface area contributed by atoms with Gasteiger partial charge in [-0.05, 0) is 37.6 Å². The second-order valence-electron chi connectivity index (χ2n) is 4.99. The summed E-state index contributed by atoms with van der Waals surface area (Å²) >= 11 is 12.3. The summed E-state index contributed by atoms with van der Waals surface area (Å²) in [7, 11) is 0. The lowest BCUT2D eigenvalue weighted by Crippen LogP contribution is -2.00. The van der Waals surface area contributed by atoms with Crippen LogP contribution >= 0.6 is 23.2 Å². The lowest BCUT2D eigenvalue weighted by molar-refractivity contribution is 0.151. The van der Waals surface area contributed by atoms with Gasteiger partial charge in [-0.2, -0.15) is 5.10 Å². The van der Waals surface area contributed by atoms with Gasteiger partial charge >= 0.3 is 0 Å². The molecule has 3 aromatic rings. The molecule has 3 rings (SSSR count). The Balaban J connectivity index is 2.26. The topological polar surface area (TPSA) is 30.7 Å². The minimum atomic E-state index is -2.63. The molecule has 114 valence electrons. The summed E-state index contributed by atoms with van der Waals surface area (Å²) < 4.78 is 27.1. The average molecular weight is 342 g/mol. The molecule has 2 heterocycles. The Labute approximate surface area is 135 Å². The Morgan fingerprint density at radius 3 is 2.32 bits per heavy atom. The molecule has 0 aliphatic carbocycles. The second kappa shape index (κ2) is 5.48. The van der Waals surface area contributed by atoms with Gasteiger partial charge in [-0.3, -0.25) is 0 Å². The van der Waals surface area contributed by atoms with Gasteiger partial charge in [0.2, 0.25) is 0 Å². The van der Waals surface area contributed by atoms with E-state index in [9.17, 15) is 8.78 Å². The molecule has 0 saturated carbocycles. The zero-order chi connectivity index (χ0) is 16.0. The maximum Gasteiger partial charge on any atom is 0.263 e. The van der Waals surface area contributed by atoms with Gasteiger partial charge in [0, 0.05) is 11.3 Å². The summed E-state index contributed by atoms with van der Waals surface area (Å²) in [5, 5.41) is 4.48. The molecule has 0 aliphatic rings. The van der Waals surface area contributed by atoms with E-state index in [0.717, 1.165) is 16.8 Å². The van der Waals surface area contributed by atoms with Crippen molar-refractivity contribution in [2.75, 3.05) is 0 Å². The first kappa shape index (κ1) is 15.2. The Kier molecular flexibility index (Phi) is 3.78. The van der Waals surface area contributed by atoms with Gasteiger partial charge in [-0.25, -0.2) is 18.4 Å². The Morgan fingerprint density at radius 2 is 1.73 bits per heavy atom. The Morgan fingerprint density at radius 1 is 1.09 bits per heavy atom. The largest absolute Gasteiger partial charge is 0.263 e. The molecule has 22 heavy (non-hydrogen) atoms. The molecule has 0 bridgehead atoms. The Hall–Kier alpha value is -1.72. The van der Waals surface area contributed by atoms with Crippen LogP contribution in [0.2, 0.25) is 10.0 Å². The molecule has 0 spiro atoms. The fourth-order valence-corrected chi connectivity index (χ4v) is 2.90. The van der Waals surface area contributed by atoms with Crippen LogP contribution in [0.15, 0.2) is 24.4 Å². The highest BCUT2D eigenvalue weighted by molar-refractivity contribution is 6.38. The Bertz CT molecular complexity index is 852. The molecule has 1 aromatic carbocycles. The lowest BCUT2D eigenvalue weighted by Gasteiger charge is -2.11. The SMILES string of the molecule is Cc1cc2c(cnn2-c2c(Cl)cc(C(F)F)cc2Cl)nc1C. The van der Waals surface area contributed by atoms with E-state index in [0.29, 0.717) is 11.2 Å². The van der Waals surface area contributed by atoms with Crippen molar-refractivity contribution in [3.8, 4) is 5.69 Å². The van der Waals surface area contributed by atoms with E-state index >= 15 is 0 Å². The van der Waals surface area contributed by atoms with Crippen molar-refractivity contribution in [3.63, 3.8) is 0 Å². The first-order chi connectivity index (χ1) is 10.4. The highest BCUT2D eigenvalue weighted by Crippen LogP contribution is 2.35. The average Bonchev–Trinajstić information content (AvgIpc) is 2.81. The summed E-state index contributed by atoms with van der Waals surface area (Å²) in [6.45, 7) is 3.84. The number of hydrogen-bond donors (Lipinski definition) is 0. The van der Waals surface area contributed by atoms with E-state index in [1.54, 1.807) is 6.20 Å². The van der Waals surface area contributed by atoms with Gasteiger partial charge in [0.1, 0.15) is 11.2 Å². The van der Waals surface area contributed by atoms with Gasteiger partial charge in [-0.15, -0.1) is 0 Å². The molecule has 0 unspecified atom stereocenters. The van der Waals surface area contributed by atoms with Gasteiger partial charge in [0.25, 0.3) is 6.43 Å². The van der Waals surface area contributed by atoms with Gasteiger partial charge in [-0.1, -0.05) is 23.2 Å². The number of halogens is 4. The van der Waals surface area contributed by atoms with Crippen LogP contribution in [0.1, 0.15) is 23.2 Å². The number of nitrogens with zero attached hydrogens (tertiary/aromatic N) is 3. The van der Waals surface area contributed by atoms with Crippen LogP contribution in [0.25, 0.3) is 16.7 Å². The van der Waals surface area contributed by atoms with Crippen LogP contribution < -0.4 is 0 Å². The summed E-state index contributed by atoms with van der Waals surface area (Å²) in [6.07, 6.45) is -1.04. The van der Waals surface area contributed by atoms with Crippen molar-refractivity contribution in [1.29, 1.82) is 0 Å². The molecule has 0 amide bonds. The number of alkyl halides is 2. The highest BCUT2D eigenvalue weighted by Gasteiger charge is 2.18. The van der Waals surface area contributed by atoms with E-state index in [2.05, 4.69) is 10.1 Å². The maximum absolute atomic E-state index is 12.8. The third-order valence-corrected chi connectivity index (χ3v) is 4.08. The first-order valence-electron chi connectivity index (χ1n) is 6.48. The van der Waals surface area contributed by atoms with E-state index in [1.807, 2.05) is 19.9 Å². The lowest BCUT2D eigenvalue weighted by atomic mass is 10.2. The normalized spacial score (nSPS) is 11.6. The predicted molar refractivity (Wildman–Crippen MR) is 83.3 cm³/mol. The van der Waals surface area contributed by atoms with Crippen LogP contribution in [-0.4, -0.2) is 14.8 Å². The van der Waals surface area contributed by atoms with Crippen molar-refractivity contribution >= 4 is 34.2 Å². The van der Waals surface area contributed by atoms with Crippen LogP contribution in [0.4, 0.5) is 8.78 Å². The fourth-order valence-electron chi connectivity index (χ4n) is 2.24. The molecule has 0 N–H and O–H groups in total. The summed E-state index contributed by atoms with van der Waals surface area (Å²) in [4.78, 5) is 4.44. The summed E-state index contributed by atoms with van der Waals surface area (Å²) in [5.41, 5.74) is 3.45. The van der Waals surface area contributed by atoms with E-state index in [1.165, 1.54) is 16.8 Å². The van der Waals surface area contributed by atoms with E-state index in [4.69, 9.17) is 23.2 Å². The monoisotopic (exact) mass is 341 g/mol. The number of rotatable bonds is 2. The summed E-state index contributed by atoms with van der Waals surface area (Å²) in [6, 6.07) is 4.32.